The quantitative estimate of drug-likeness (QED) is 0.645. The maximum absolute atomic E-state index is 13.3. The van der Waals surface area contributed by atoms with Crippen LogP contribution >= 0.6 is 0 Å². The molecule has 0 spiro atoms. The van der Waals surface area contributed by atoms with Gasteiger partial charge in [0.25, 0.3) is 5.91 Å². The Hall–Kier alpha value is -1.73. The van der Waals surface area contributed by atoms with Gasteiger partial charge < -0.3 is 5.32 Å². The highest BCUT2D eigenvalue weighted by atomic mass is 19.4. The Morgan fingerprint density at radius 3 is 2.15 bits per heavy atom. The topological polar surface area (TPSA) is 29.1 Å². The van der Waals surface area contributed by atoms with Crippen LogP contribution in [0.25, 0.3) is 0 Å². The lowest BCUT2D eigenvalue weighted by molar-refractivity contribution is -0.143. The lowest BCUT2D eigenvalue weighted by Gasteiger charge is -2.27. The van der Waals surface area contributed by atoms with E-state index in [0.29, 0.717) is 24.5 Å². The van der Waals surface area contributed by atoms with Gasteiger partial charge in [0.1, 0.15) is 0 Å². The first kappa shape index (κ1) is 20.0. The highest BCUT2D eigenvalue weighted by molar-refractivity contribution is 5.96. The molecule has 0 radical (unpaired) electrons. The number of benzene rings is 1. The summed E-state index contributed by atoms with van der Waals surface area (Å²) in [6, 6.07) is 0.940. The van der Waals surface area contributed by atoms with Crippen molar-refractivity contribution in [3.05, 3.63) is 34.9 Å². The Morgan fingerprint density at radius 2 is 1.56 bits per heavy atom. The van der Waals surface area contributed by atoms with Crippen LogP contribution < -0.4 is 5.32 Å². The van der Waals surface area contributed by atoms with Crippen molar-refractivity contribution in [3.8, 4) is 0 Å². The molecule has 2 saturated carbocycles. The van der Waals surface area contributed by atoms with Gasteiger partial charge in [0, 0.05) is 6.04 Å². The van der Waals surface area contributed by atoms with Gasteiger partial charge in [-0.05, 0) is 42.9 Å². The molecule has 2 aliphatic rings. The first-order chi connectivity index (χ1) is 12.6. The van der Waals surface area contributed by atoms with Crippen LogP contribution in [0.3, 0.4) is 0 Å². The molecule has 150 valence electrons. The van der Waals surface area contributed by atoms with Crippen LogP contribution in [0.1, 0.15) is 66.4 Å². The lowest BCUT2D eigenvalue weighted by atomic mass is 9.86. The number of hydrogen-bond acceptors (Lipinski definition) is 1. The molecule has 0 bridgehead atoms. The number of rotatable bonds is 3. The summed E-state index contributed by atoms with van der Waals surface area (Å²) in [7, 11) is 0. The van der Waals surface area contributed by atoms with Crippen molar-refractivity contribution in [3.63, 3.8) is 0 Å². The van der Waals surface area contributed by atoms with E-state index in [1.807, 2.05) is 0 Å². The molecule has 0 aliphatic heterocycles. The SMILES string of the molecule is O=C(N[C@H]1CCC[C@H]1C1CCCC1)c1ccc(C(F)(F)F)cc1C(F)(F)F. The standard InChI is InChI=1S/C19H21F6NO/c20-18(21,22)12-8-9-14(15(10-12)19(23,24)25)17(27)26-16-7-3-6-13(16)11-4-1-2-5-11/h8-11,13,16H,1-7H2,(H,26,27)/t13-,16-/m0/s1. The third kappa shape index (κ3) is 4.41. The Kier molecular flexibility index (Phi) is 5.45. The predicted octanol–water partition coefficient (Wildman–Crippen LogP) is 5.81. The molecule has 2 nitrogen and oxygen atoms in total. The van der Waals surface area contributed by atoms with Crippen molar-refractivity contribution >= 4 is 5.91 Å². The van der Waals surface area contributed by atoms with Crippen LogP contribution in [0.4, 0.5) is 26.3 Å². The number of alkyl halides is 6. The van der Waals surface area contributed by atoms with Crippen LogP contribution in [0.15, 0.2) is 18.2 Å². The number of halogens is 6. The largest absolute Gasteiger partial charge is 0.417 e. The maximum atomic E-state index is 13.3. The maximum Gasteiger partial charge on any atom is 0.417 e. The number of nitrogens with one attached hydrogen (secondary N) is 1. The molecule has 0 unspecified atom stereocenters. The van der Waals surface area contributed by atoms with Gasteiger partial charge in [-0.3, -0.25) is 4.79 Å². The zero-order valence-corrected chi connectivity index (χ0v) is 14.6. The second-order valence-corrected chi connectivity index (χ2v) is 7.48. The summed E-state index contributed by atoms with van der Waals surface area (Å²) in [5, 5.41) is 2.67. The molecule has 2 aliphatic carbocycles. The van der Waals surface area contributed by atoms with Crippen LogP contribution in [0.2, 0.25) is 0 Å². The van der Waals surface area contributed by atoms with E-state index < -0.39 is 35.0 Å². The zero-order valence-electron chi connectivity index (χ0n) is 14.6. The summed E-state index contributed by atoms with van der Waals surface area (Å²) in [5.41, 5.74) is -3.73. The van der Waals surface area contributed by atoms with E-state index in [1.54, 1.807) is 0 Å². The van der Waals surface area contributed by atoms with Crippen molar-refractivity contribution in [2.45, 2.75) is 63.3 Å². The number of amides is 1. The second kappa shape index (κ2) is 7.36. The van der Waals surface area contributed by atoms with Crippen molar-refractivity contribution in [1.29, 1.82) is 0 Å². The Bertz CT molecular complexity index is 690. The minimum Gasteiger partial charge on any atom is -0.349 e. The number of hydrogen-bond donors (Lipinski definition) is 1. The molecule has 8 heteroatoms. The molecule has 1 aromatic rings. The summed E-state index contributed by atoms with van der Waals surface area (Å²) in [6.07, 6.45) is -3.08. The third-order valence-electron chi connectivity index (χ3n) is 5.79. The fraction of sp³-hybridized carbons (Fsp3) is 0.632. The molecular formula is C19H21F6NO. The van der Waals surface area contributed by atoms with Gasteiger partial charge in [0.15, 0.2) is 0 Å². The van der Waals surface area contributed by atoms with E-state index in [1.165, 1.54) is 0 Å². The molecule has 27 heavy (non-hydrogen) atoms. The highest BCUT2D eigenvalue weighted by Gasteiger charge is 2.41. The molecule has 1 aromatic carbocycles. The van der Waals surface area contributed by atoms with Gasteiger partial charge in [-0.25, -0.2) is 0 Å². The Labute approximate surface area is 153 Å². The Balaban J connectivity index is 1.83. The van der Waals surface area contributed by atoms with Crippen LogP contribution in [0, 0.1) is 11.8 Å². The first-order valence-corrected chi connectivity index (χ1v) is 9.16. The average molecular weight is 393 g/mol. The average Bonchev–Trinajstić information content (AvgIpc) is 3.23. The zero-order chi connectivity index (χ0) is 19.8. The molecule has 2 fully saturated rings. The number of carbonyl (C=O) groups is 1. The van der Waals surface area contributed by atoms with Crippen molar-refractivity contribution in [1.82, 2.24) is 5.32 Å². The lowest BCUT2D eigenvalue weighted by Crippen LogP contribution is -2.40. The fourth-order valence-corrected chi connectivity index (χ4v) is 4.52. The second-order valence-electron chi connectivity index (χ2n) is 7.48. The van der Waals surface area contributed by atoms with Gasteiger partial charge in [-0.2, -0.15) is 26.3 Å². The molecule has 1 N–H and O–H groups in total. The minimum atomic E-state index is -5.05. The normalized spacial score (nSPS) is 24.4. The summed E-state index contributed by atoms with van der Waals surface area (Å²) >= 11 is 0. The molecule has 1 amide bonds. The summed E-state index contributed by atoms with van der Waals surface area (Å²) < 4.78 is 78.1. The van der Waals surface area contributed by atoms with Gasteiger partial charge in [-0.1, -0.05) is 32.1 Å². The number of carbonyl (C=O) groups excluding carboxylic acids is 1. The molecule has 2 atom stereocenters. The van der Waals surface area contributed by atoms with Gasteiger partial charge in [0.05, 0.1) is 16.7 Å². The van der Waals surface area contributed by atoms with Crippen molar-refractivity contribution in [2.24, 2.45) is 11.8 Å². The van der Waals surface area contributed by atoms with E-state index >= 15 is 0 Å². The summed E-state index contributed by atoms with van der Waals surface area (Å²) in [4.78, 5) is 12.5. The van der Waals surface area contributed by atoms with E-state index in [9.17, 15) is 31.1 Å². The first-order valence-electron chi connectivity index (χ1n) is 9.16. The smallest absolute Gasteiger partial charge is 0.349 e. The van der Waals surface area contributed by atoms with E-state index in [-0.39, 0.29) is 18.0 Å². The van der Waals surface area contributed by atoms with Gasteiger partial charge in [0.2, 0.25) is 0 Å². The summed E-state index contributed by atoms with van der Waals surface area (Å²) in [6.45, 7) is 0. The Morgan fingerprint density at radius 1 is 0.889 bits per heavy atom. The fourth-order valence-electron chi connectivity index (χ4n) is 4.52. The molecule has 0 aromatic heterocycles. The molecular weight excluding hydrogens is 372 g/mol. The molecule has 0 heterocycles. The molecule has 0 saturated heterocycles. The van der Waals surface area contributed by atoms with E-state index in [0.717, 1.165) is 38.5 Å². The predicted molar refractivity (Wildman–Crippen MR) is 87.0 cm³/mol. The highest BCUT2D eigenvalue weighted by Crippen LogP contribution is 2.41. The van der Waals surface area contributed by atoms with Crippen molar-refractivity contribution in [2.75, 3.05) is 0 Å². The van der Waals surface area contributed by atoms with E-state index in [4.69, 9.17) is 0 Å². The van der Waals surface area contributed by atoms with Crippen LogP contribution in [-0.2, 0) is 12.4 Å². The monoisotopic (exact) mass is 393 g/mol. The van der Waals surface area contributed by atoms with E-state index in [2.05, 4.69) is 5.32 Å². The van der Waals surface area contributed by atoms with Crippen molar-refractivity contribution < 1.29 is 31.1 Å². The van der Waals surface area contributed by atoms with Crippen LogP contribution in [-0.4, -0.2) is 11.9 Å². The van der Waals surface area contributed by atoms with Crippen LogP contribution in [0.5, 0.6) is 0 Å². The minimum absolute atomic E-state index is 0.0119. The summed E-state index contributed by atoms with van der Waals surface area (Å²) in [5.74, 6) is -0.251. The third-order valence-corrected chi connectivity index (χ3v) is 5.79. The molecule has 3 rings (SSSR count). The van der Waals surface area contributed by atoms with Gasteiger partial charge in [-0.15, -0.1) is 0 Å². The van der Waals surface area contributed by atoms with Gasteiger partial charge >= 0.3 is 12.4 Å².